The first kappa shape index (κ1) is 14.5. The molecule has 1 unspecified atom stereocenters. The fourth-order valence-electron chi connectivity index (χ4n) is 2.57. The van der Waals surface area contributed by atoms with E-state index in [2.05, 4.69) is 34.7 Å². The van der Waals surface area contributed by atoms with E-state index in [9.17, 15) is 0 Å². The van der Waals surface area contributed by atoms with Gasteiger partial charge in [-0.15, -0.1) is 0 Å². The van der Waals surface area contributed by atoms with Crippen LogP contribution in [-0.4, -0.2) is 29.4 Å². The summed E-state index contributed by atoms with van der Waals surface area (Å²) in [6, 6.07) is 0. The molecule has 1 nitrogen and oxygen atoms in total. The highest BCUT2D eigenvalue weighted by Crippen LogP contribution is 2.25. The lowest BCUT2D eigenvalue weighted by Crippen LogP contribution is -2.36. The zero-order chi connectivity index (χ0) is 11.8. The van der Waals surface area contributed by atoms with E-state index in [1.54, 1.807) is 0 Å². The van der Waals surface area contributed by atoms with Crippen molar-refractivity contribution in [2.24, 2.45) is 5.92 Å². The number of alkyl halides is 1. The summed E-state index contributed by atoms with van der Waals surface area (Å²) in [5.74, 6) is 0.913. The molecule has 0 bridgehead atoms. The number of hydrogen-bond acceptors (Lipinski definition) is 1. The molecule has 0 saturated carbocycles. The summed E-state index contributed by atoms with van der Waals surface area (Å²) in [7, 11) is 0. The van der Waals surface area contributed by atoms with E-state index in [1.165, 1.54) is 64.6 Å². The zero-order valence-electron chi connectivity index (χ0n) is 11.1. The molecule has 0 spiro atoms. The van der Waals surface area contributed by atoms with Crippen LogP contribution in [0.1, 0.15) is 58.8 Å². The van der Waals surface area contributed by atoms with Crippen molar-refractivity contribution >= 4 is 15.9 Å². The molecule has 16 heavy (non-hydrogen) atoms. The van der Waals surface area contributed by atoms with Gasteiger partial charge in [0.05, 0.1) is 0 Å². The Hall–Kier alpha value is 0.440. The molecule has 0 aromatic heterocycles. The summed E-state index contributed by atoms with van der Waals surface area (Å²) < 4.78 is 0. The highest BCUT2D eigenvalue weighted by atomic mass is 79.9. The number of likely N-dealkylation sites (tertiary alicyclic amines) is 1. The van der Waals surface area contributed by atoms with Crippen LogP contribution in [0.25, 0.3) is 0 Å². The van der Waals surface area contributed by atoms with Gasteiger partial charge in [0.2, 0.25) is 0 Å². The van der Waals surface area contributed by atoms with Gasteiger partial charge in [0.1, 0.15) is 0 Å². The smallest absolute Gasteiger partial charge is 0.0146 e. The Kier molecular flexibility index (Phi) is 7.72. The van der Waals surface area contributed by atoms with E-state index in [0.29, 0.717) is 4.83 Å². The SMILES string of the molecule is CCCCCCCN1CCC(C(C)Br)CC1. The maximum Gasteiger partial charge on any atom is 0.0146 e. The van der Waals surface area contributed by atoms with Crippen molar-refractivity contribution in [3.8, 4) is 0 Å². The highest BCUT2D eigenvalue weighted by molar-refractivity contribution is 9.09. The Morgan fingerprint density at radius 2 is 1.75 bits per heavy atom. The van der Waals surface area contributed by atoms with Gasteiger partial charge in [0.25, 0.3) is 0 Å². The van der Waals surface area contributed by atoms with Gasteiger partial charge in [-0.25, -0.2) is 0 Å². The van der Waals surface area contributed by atoms with Crippen LogP contribution < -0.4 is 0 Å². The van der Waals surface area contributed by atoms with Crippen LogP contribution in [0.4, 0.5) is 0 Å². The first-order valence-corrected chi connectivity index (χ1v) is 8.02. The van der Waals surface area contributed by atoms with Crippen LogP contribution in [0.15, 0.2) is 0 Å². The minimum atomic E-state index is 0.708. The van der Waals surface area contributed by atoms with Crippen LogP contribution in [0.3, 0.4) is 0 Å². The number of rotatable bonds is 7. The number of piperidine rings is 1. The maximum absolute atomic E-state index is 3.72. The van der Waals surface area contributed by atoms with Crippen molar-refractivity contribution in [1.29, 1.82) is 0 Å². The molecule has 1 fully saturated rings. The molecule has 96 valence electrons. The first-order valence-electron chi connectivity index (χ1n) is 7.10. The van der Waals surface area contributed by atoms with Gasteiger partial charge in [-0.2, -0.15) is 0 Å². The van der Waals surface area contributed by atoms with Crippen LogP contribution in [-0.2, 0) is 0 Å². The topological polar surface area (TPSA) is 3.24 Å². The van der Waals surface area contributed by atoms with Gasteiger partial charge in [-0.1, -0.05) is 55.5 Å². The molecule has 0 N–H and O–H groups in total. The van der Waals surface area contributed by atoms with Gasteiger partial charge in [-0.3, -0.25) is 0 Å². The molecule has 1 aliphatic heterocycles. The zero-order valence-corrected chi connectivity index (χ0v) is 12.6. The minimum absolute atomic E-state index is 0.708. The van der Waals surface area contributed by atoms with Gasteiger partial charge in [-0.05, 0) is 44.8 Å². The van der Waals surface area contributed by atoms with Gasteiger partial charge in [0, 0.05) is 4.83 Å². The van der Waals surface area contributed by atoms with Gasteiger partial charge in [0.15, 0.2) is 0 Å². The predicted molar refractivity (Wildman–Crippen MR) is 76.3 cm³/mol. The Morgan fingerprint density at radius 1 is 1.12 bits per heavy atom. The van der Waals surface area contributed by atoms with E-state index in [4.69, 9.17) is 0 Å². The Labute approximate surface area is 110 Å². The largest absolute Gasteiger partial charge is 0.303 e. The van der Waals surface area contributed by atoms with E-state index >= 15 is 0 Å². The Bertz CT molecular complexity index is 162. The number of nitrogens with zero attached hydrogens (tertiary/aromatic N) is 1. The third-order valence-electron chi connectivity index (χ3n) is 3.86. The minimum Gasteiger partial charge on any atom is -0.303 e. The molecular formula is C14H28BrN. The molecule has 2 heteroatoms. The van der Waals surface area contributed by atoms with Crippen molar-refractivity contribution in [3.05, 3.63) is 0 Å². The monoisotopic (exact) mass is 289 g/mol. The first-order chi connectivity index (χ1) is 7.74. The Balaban J connectivity index is 1.99. The maximum atomic E-state index is 3.72. The van der Waals surface area contributed by atoms with Crippen molar-refractivity contribution in [2.75, 3.05) is 19.6 Å². The molecular weight excluding hydrogens is 262 g/mol. The third kappa shape index (κ3) is 5.67. The summed E-state index contributed by atoms with van der Waals surface area (Å²) >= 11 is 3.72. The second kappa shape index (κ2) is 8.52. The lowest BCUT2D eigenvalue weighted by molar-refractivity contribution is 0.182. The third-order valence-corrected chi connectivity index (χ3v) is 4.61. The van der Waals surface area contributed by atoms with Crippen LogP contribution >= 0.6 is 15.9 Å². The standard InChI is InChI=1S/C14H28BrN/c1-3-4-5-6-7-10-16-11-8-14(9-12-16)13(2)15/h13-14H,3-12H2,1-2H3. The molecule has 0 aromatic rings. The highest BCUT2D eigenvalue weighted by Gasteiger charge is 2.21. The second-order valence-electron chi connectivity index (χ2n) is 5.27. The summed E-state index contributed by atoms with van der Waals surface area (Å²) in [5.41, 5.74) is 0. The lowest BCUT2D eigenvalue weighted by Gasteiger charge is -2.33. The van der Waals surface area contributed by atoms with E-state index in [1.807, 2.05) is 0 Å². The van der Waals surface area contributed by atoms with Crippen molar-refractivity contribution < 1.29 is 0 Å². The molecule has 1 aliphatic rings. The quantitative estimate of drug-likeness (QED) is 0.494. The van der Waals surface area contributed by atoms with Crippen LogP contribution in [0.2, 0.25) is 0 Å². The number of hydrogen-bond donors (Lipinski definition) is 0. The van der Waals surface area contributed by atoms with E-state index in [0.717, 1.165) is 5.92 Å². The molecule has 0 radical (unpaired) electrons. The number of halogens is 1. The van der Waals surface area contributed by atoms with Gasteiger partial charge < -0.3 is 4.90 Å². The molecule has 0 aliphatic carbocycles. The lowest BCUT2D eigenvalue weighted by atomic mass is 9.94. The predicted octanol–water partition coefficient (Wildman–Crippen LogP) is 4.45. The van der Waals surface area contributed by atoms with Gasteiger partial charge >= 0.3 is 0 Å². The van der Waals surface area contributed by atoms with Crippen molar-refractivity contribution in [3.63, 3.8) is 0 Å². The summed E-state index contributed by atoms with van der Waals surface area (Å²) in [5, 5.41) is 0. The molecule has 1 rings (SSSR count). The fraction of sp³-hybridized carbons (Fsp3) is 1.00. The number of unbranched alkanes of at least 4 members (excludes halogenated alkanes) is 4. The van der Waals surface area contributed by atoms with E-state index in [-0.39, 0.29) is 0 Å². The Morgan fingerprint density at radius 3 is 2.31 bits per heavy atom. The molecule has 1 atom stereocenters. The molecule has 0 aromatic carbocycles. The average Bonchev–Trinajstić information content (AvgIpc) is 2.29. The molecule has 1 saturated heterocycles. The molecule has 0 amide bonds. The average molecular weight is 290 g/mol. The second-order valence-corrected chi connectivity index (χ2v) is 6.72. The molecule has 1 heterocycles. The summed E-state index contributed by atoms with van der Waals surface area (Å²) in [6.07, 6.45) is 9.84. The van der Waals surface area contributed by atoms with E-state index < -0.39 is 0 Å². The fourth-order valence-corrected chi connectivity index (χ4v) is 3.10. The summed E-state index contributed by atoms with van der Waals surface area (Å²) in [4.78, 5) is 3.37. The van der Waals surface area contributed by atoms with Crippen LogP contribution in [0.5, 0.6) is 0 Å². The van der Waals surface area contributed by atoms with Crippen molar-refractivity contribution in [2.45, 2.75) is 63.6 Å². The van der Waals surface area contributed by atoms with Crippen LogP contribution in [0, 0.1) is 5.92 Å². The summed E-state index contributed by atoms with van der Waals surface area (Å²) in [6.45, 7) is 8.58. The van der Waals surface area contributed by atoms with Crippen molar-refractivity contribution in [1.82, 2.24) is 4.90 Å². The normalized spacial score (nSPS) is 21.2.